The SMILES string of the molecule is O=P(CC1CCCCC1O)(c1ccccc1)c1ccccc1. The van der Waals surface area contributed by atoms with Crippen molar-refractivity contribution in [2.45, 2.75) is 31.8 Å². The van der Waals surface area contributed by atoms with Gasteiger partial charge in [0, 0.05) is 16.8 Å². The fourth-order valence-corrected chi connectivity index (χ4v) is 6.54. The molecule has 3 rings (SSSR count). The Balaban J connectivity index is 1.98. The van der Waals surface area contributed by atoms with Gasteiger partial charge in [-0.2, -0.15) is 0 Å². The summed E-state index contributed by atoms with van der Waals surface area (Å²) in [5.74, 6) is 0.139. The number of rotatable bonds is 4. The zero-order valence-corrected chi connectivity index (χ0v) is 13.7. The van der Waals surface area contributed by atoms with Crippen LogP contribution in [0.15, 0.2) is 60.7 Å². The van der Waals surface area contributed by atoms with Crippen LogP contribution in [0.2, 0.25) is 0 Å². The molecular formula is C19H23O2P. The van der Waals surface area contributed by atoms with E-state index in [0.29, 0.717) is 6.16 Å². The highest BCUT2D eigenvalue weighted by molar-refractivity contribution is 7.78. The fraction of sp³-hybridized carbons (Fsp3) is 0.368. The molecule has 0 bridgehead atoms. The standard InChI is InChI=1S/C19H23O2P/c20-19-14-8-7-9-16(19)15-22(21,17-10-3-1-4-11-17)18-12-5-2-6-13-18/h1-6,10-13,16,19-20H,7-9,14-15H2. The van der Waals surface area contributed by atoms with Gasteiger partial charge in [-0.15, -0.1) is 0 Å². The normalized spacial score (nSPS) is 22.4. The first-order valence-electron chi connectivity index (χ1n) is 8.08. The summed E-state index contributed by atoms with van der Waals surface area (Å²) >= 11 is 0. The zero-order valence-electron chi connectivity index (χ0n) is 12.8. The average Bonchev–Trinajstić information content (AvgIpc) is 2.58. The van der Waals surface area contributed by atoms with Gasteiger partial charge in [0.2, 0.25) is 0 Å². The molecule has 0 saturated heterocycles. The Labute approximate surface area is 132 Å². The molecule has 1 N–H and O–H groups in total. The first kappa shape index (κ1) is 15.5. The molecule has 22 heavy (non-hydrogen) atoms. The van der Waals surface area contributed by atoms with E-state index in [1.54, 1.807) is 0 Å². The van der Waals surface area contributed by atoms with Crippen LogP contribution < -0.4 is 10.6 Å². The molecule has 2 atom stereocenters. The molecule has 0 aliphatic heterocycles. The molecule has 0 radical (unpaired) electrons. The van der Waals surface area contributed by atoms with Crippen molar-refractivity contribution in [2.24, 2.45) is 5.92 Å². The van der Waals surface area contributed by atoms with E-state index >= 15 is 0 Å². The van der Waals surface area contributed by atoms with Crippen molar-refractivity contribution < 1.29 is 9.67 Å². The van der Waals surface area contributed by atoms with E-state index in [9.17, 15) is 9.67 Å². The molecule has 1 saturated carbocycles. The molecule has 2 aromatic carbocycles. The summed E-state index contributed by atoms with van der Waals surface area (Å²) in [7, 11) is -2.69. The molecule has 0 aromatic heterocycles. The lowest BCUT2D eigenvalue weighted by molar-refractivity contribution is 0.0807. The van der Waals surface area contributed by atoms with E-state index in [-0.39, 0.29) is 12.0 Å². The summed E-state index contributed by atoms with van der Waals surface area (Å²) in [5.41, 5.74) is 0. The maximum absolute atomic E-state index is 13.9. The molecule has 1 aliphatic carbocycles. The quantitative estimate of drug-likeness (QED) is 0.876. The Hall–Kier alpha value is -1.37. The summed E-state index contributed by atoms with van der Waals surface area (Å²) in [4.78, 5) is 0. The molecule has 3 heteroatoms. The topological polar surface area (TPSA) is 37.3 Å². The minimum atomic E-state index is -2.69. The zero-order chi connectivity index (χ0) is 15.4. The van der Waals surface area contributed by atoms with Gasteiger partial charge < -0.3 is 9.67 Å². The monoisotopic (exact) mass is 314 g/mol. The minimum absolute atomic E-state index is 0.139. The van der Waals surface area contributed by atoms with Crippen molar-refractivity contribution in [1.29, 1.82) is 0 Å². The van der Waals surface area contributed by atoms with Crippen molar-refractivity contribution in [3.8, 4) is 0 Å². The first-order valence-corrected chi connectivity index (χ1v) is 9.98. The third kappa shape index (κ3) is 3.19. The summed E-state index contributed by atoms with van der Waals surface area (Å²) in [6, 6.07) is 19.5. The van der Waals surface area contributed by atoms with Crippen molar-refractivity contribution in [3.05, 3.63) is 60.7 Å². The van der Waals surface area contributed by atoms with E-state index in [2.05, 4.69) is 0 Å². The van der Waals surface area contributed by atoms with Crippen LogP contribution in [0, 0.1) is 5.92 Å². The van der Waals surface area contributed by atoms with Gasteiger partial charge in [0.05, 0.1) is 6.10 Å². The highest BCUT2D eigenvalue weighted by Gasteiger charge is 2.34. The molecule has 1 fully saturated rings. The lowest BCUT2D eigenvalue weighted by atomic mass is 9.88. The van der Waals surface area contributed by atoms with Crippen LogP contribution in [-0.2, 0) is 4.57 Å². The molecule has 2 aromatic rings. The van der Waals surface area contributed by atoms with Gasteiger partial charge in [0.1, 0.15) is 7.14 Å². The molecule has 0 amide bonds. The first-order chi connectivity index (χ1) is 10.7. The van der Waals surface area contributed by atoms with E-state index in [1.807, 2.05) is 60.7 Å². The molecular weight excluding hydrogens is 291 g/mol. The molecule has 2 nitrogen and oxygen atoms in total. The van der Waals surface area contributed by atoms with Crippen molar-refractivity contribution in [2.75, 3.05) is 6.16 Å². The molecule has 2 unspecified atom stereocenters. The maximum Gasteiger partial charge on any atom is 0.143 e. The Morgan fingerprint density at radius 2 is 1.36 bits per heavy atom. The Morgan fingerprint density at radius 3 is 1.86 bits per heavy atom. The van der Waals surface area contributed by atoms with Gasteiger partial charge in [-0.1, -0.05) is 73.5 Å². The number of aliphatic hydroxyl groups is 1. The van der Waals surface area contributed by atoms with Crippen LogP contribution in [0.1, 0.15) is 25.7 Å². The molecule has 0 spiro atoms. The van der Waals surface area contributed by atoms with Crippen LogP contribution in [0.25, 0.3) is 0 Å². The van der Waals surface area contributed by atoms with Crippen LogP contribution in [0.4, 0.5) is 0 Å². The lowest BCUT2D eigenvalue weighted by Crippen LogP contribution is -2.31. The Kier molecular flexibility index (Phi) is 4.81. The van der Waals surface area contributed by atoms with E-state index < -0.39 is 7.14 Å². The average molecular weight is 314 g/mol. The highest BCUT2D eigenvalue weighted by Crippen LogP contribution is 2.47. The van der Waals surface area contributed by atoms with Crippen LogP contribution >= 0.6 is 7.14 Å². The summed E-state index contributed by atoms with van der Waals surface area (Å²) in [6.07, 6.45) is 4.29. The summed E-state index contributed by atoms with van der Waals surface area (Å²) in [6.45, 7) is 0. The Morgan fingerprint density at radius 1 is 0.864 bits per heavy atom. The summed E-state index contributed by atoms with van der Waals surface area (Å²) in [5, 5.41) is 12.1. The smallest absolute Gasteiger partial charge is 0.143 e. The van der Waals surface area contributed by atoms with Crippen molar-refractivity contribution in [1.82, 2.24) is 0 Å². The van der Waals surface area contributed by atoms with E-state index in [4.69, 9.17) is 0 Å². The number of hydrogen-bond acceptors (Lipinski definition) is 2. The third-order valence-electron chi connectivity index (χ3n) is 4.71. The maximum atomic E-state index is 13.9. The number of hydrogen-bond donors (Lipinski definition) is 1. The van der Waals surface area contributed by atoms with E-state index in [0.717, 1.165) is 36.3 Å². The van der Waals surface area contributed by atoms with Gasteiger partial charge in [-0.3, -0.25) is 0 Å². The van der Waals surface area contributed by atoms with Gasteiger partial charge in [0.25, 0.3) is 0 Å². The van der Waals surface area contributed by atoms with Crippen LogP contribution in [0.5, 0.6) is 0 Å². The second kappa shape index (κ2) is 6.81. The second-order valence-corrected chi connectivity index (χ2v) is 9.08. The molecule has 116 valence electrons. The second-order valence-electron chi connectivity index (χ2n) is 6.21. The van der Waals surface area contributed by atoms with Gasteiger partial charge in [-0.05, 0) is 18.8 Å². The number of aliphatic hydroxyl groups excluding tert-OH is 1. The highest BCUT2D eigenvalue weighted by atomic mass is 31.2. The fourth-order valence-electron chi connectivity index (χ4n) is 3.43. The lowest BCUT2D eigenvalue weighted by Gasteiger charge is -2.31. The van der Waals surface area contributed by atoms with Gasteiger partial charge >= 0.3 is 0 Å². The van der Waals surface area contributed by atoms with Crippen molar-refractivity contribution in [3.63, 3.8) is 0 Å². The minimum Gasteiger partial charge on any atom is -0.393 e. The van der Waals surface area contributed by atoms with Gasteiger partial charge in [-0.25, -0.2) is 0 Å². The Bertz CT molecular complexity index is 595. The van der Waals surface area contributed by atoms with Gasteiger partial charge in [0.15, 0.2) is 0 Å². The van der Waals surface area contributed by atoms with E-state index in [1.165, 1.54) is 0 Å². The molecule has 0 heterocycles. The van der Waals surface area contributed by atoms with Crippen LogP contribution in [0.3, 0.4) is 0 Å². The van der Waals surface area contributed by atoms with Crippen LogP contribution in [-0.4, -0.2) is 17.4 Å². The number of benzene rings is 2. The van der Waals surface area contributed by atoms with Crippen molar-refractivity contribution >= 4 is 17.8 Å². The predicted molar refractivity (Wildman–Crippen MR) is 92.6 cm³/mol. The third-order valence-corrected chi connectivity index (χ3v) is 7.95. The largest absolute Gasteiger partial charge is 0.393 e. The molecule has 1 aliphatic rings. The predicted octanol–water partition coefficient (Wildman–Crippen LogP) is 3.55. The summed E-state index contributed by atoms with van der Waals surface area (Å²) < 4.78 is 13.9.